The highest BCUT2D eigenvalue weighted by atomic mass is 16.7. The van der Waals surface area contributed by atoms with Crippen molar-refractivity contribution >= 4 is 5.91 Å². The fourth-order valence-corrected chi connectivity index (χ4v) is 1.54. The summed E-state index contributed by atoms with van der Waals surface area (Å²) in [6.45, 7) is 1.73. The summed E-state index contributed by atoms with van der Waals surface area (Å²) in [7, 11) is 0. The molecule has 1 fully saturated rings. The van der Waals surface area contributed by atoms with Gasteiger partial charge in [0.25, 0.3) is 0 Å². The number of hydrogen-bond donors (Lipinski definition) is 0. The maximum atomic E-state index is 11.6. The summed E-state index contributed by atoms with van der Waals surface area (Å²) < 4.78 is 5.43. The van der Waals surface area contributed by atoms with Gasteiger partial charge in [0.1, 0.15) is 5.75 Å². The molecule has 0 aliphatic carbocycles. The van der Waals surface area contributed by atoms with Crippen LogP contribution in [-0.2, 0) is 9.63 Å². The third-order valence-electron chi connectivity index (χ3n) is 2.36. The number of hydroxylamine groups is 2. The zero-order valence-corrected chi connectivity index (χ0v) is 9.09. The standard InChI is InChI=1S/C12H15NO3/c14-12(13-8-4-9-16-13)7-10-15-11-5-2-1-3-6-11/h1-3,5-6H,4,7-10H2. The molecule has 1 amide bonds. The highest BCUT2D eigenvalue weighted by molar-refractivity contribution is 5.75. The molecule has 1 heterocycles. The van der Waals surface area contributed by atoms with Crippen molar-refractivity contribution in [2.45, 2.75) is 12.8 Å². The maximum Gasteiger partial charge on any atom is 0.249 e. The van der Waals surface area contributed by atoms with E-state index in [1.165, 1.54) is 5.06 Å². The van der Waals surface area contributed by atoms with Gasteiger partial charge in [-0.15, -0.1) is 0 Å². The topological polar surface area (TPSA) is 38.8 Å². The Morgan fingerprint density at radius 1 is 1.38 bits per heavy atom. The van der Waals surface area contributed by atoms with Crippen molar-refractivity contribution < 1.29 is 14.4 Å². The molecule has 1 aliphatic rings. The molecular formula is C12H15NO3. The van der Waals surface area contributed by atoms with E-state index in [0.29, 0.717) is 26.2 Å². The van der Waals surface area contributed by atoms with E-state index in [-0.39, 0.29) is 5.91 Å². The van der Waals surface area contributed by atoms with E-state index >= 15 is 0 Å². The molecule has 0 N–H and O–H groups in total. The largest absolute Gasteiger partial charge is 0.493 e. The number of para-hydroxylation sites is 1. The monoisotopic (exact) mass is 221 g/mol. The Morgan fingerprint density at radius 2 is 2.19 bits per heavy atom. The van der Waals surface area contributed by atoms with Crippen molar-refractivity contribution in [3.8, 4) is 5.75 Å². The first-order chi connectivity index (χ1) is 7.86. The van der Waals surface area contributed by atoms with E-state index in [1.807, 2.05) is 30.3 Å². The molecule has 16 heavy (non-hydrogen) atoms. The van der Waals surface area contributed by atoms with E-state index in [0.717, 1.165) is 12.2 Å². The smallest absolute Gasteiger partial charge is 0.249 e. The van der Waals surface area contributed by atoms with Crippen molar-refractivity contribution in [3.63, 3.8) is 0 Å². The number of amides is 1. The van der Waals surface area contributed by atoms with Crippen LogP contribution in [0.1, 0.15) is 12.8 Å². The Hall–Kier alpha value is -1.55. The van der Waals surface area contributed by atoms with Crippen molar-refractivity contribution in [2.75, 3.05) is 19.8 Å². The Morgan fingerprint density at radius 3 is 2.88 bits per heavy atom. The number of ether oxygens (including phenoxy) is 1. The van der Waals surface area contributed by atoms with Crippen LogP contribution in [0, 0.1) is 0 Å². The molecule has 86 valence electrons. The third-order valence-corrected chi connectivity index (χ3v) is 2.36. The summed E-state index contributed by atoms with van der Waals surface area (Å²) in [6.07, 6.45) is 1.28. The molecule has 1 aromatic rings. The average molecular weight is 221 g/mol. The van der Waals surface area contributed by atoms with Crippen LogP contribution in [0.15, 0.2) is 30.3 Å². The van der Waals surface area contributed by atoms with Gasteiger partial charge >= 0.3 is 0 Å². The first-order valence-corrected chi connectivity index (χ1v) is 5.47. The molecule has 0 spiro atoms. The fourth-order valence-electron chi connectivity index (χ4n) is 1.54. The van der Waals surface area contributed by atoms with Crippen LogP contribution in [0.4, 0.5) is 0 Å². The maximum absolute atomic E-state index is 11.6. The number of rotatable bonds is 4. The van der Waals surface area contributed by atoms with Crippen molar-refractivity contribution in [2.24, 2.45) is 0 Å². The lowest BCUT2D eigenvalue weighted by atomic mass is 10.3. The molecule has 1 saturated heterocycles. The van der Waals surface area contributed by atoms with Crippen LogP contribution in [0.3, 0.4) is 0 Å². The van der Waals surface area contributed by atoms with E-state index in [2.05, 4.69) is 0 Å². The van der Waals surface area contributed by atoms with E-state index < -0.39 is 0 Å². The second-order valence-electron chi connectivity index (χ2n) is 3.59. The summed E-state index contributed by atoms with van der Waals surface area (Å²) in [5.74, 6) is 0.783. The highest BCUT2D eigenvalue weighted by Crippen LogP contribution is 2.10. The van der Waals surface area contributed by atoms with Crippen molar-refractivity contribution in [1.82, 2.24) is 5.06 Å². The molecule has 2 rings (SSSR count). The molecular weight excluding hydrogens is 206 g/mol. The van der Waals surface area contributed by atoms with Crippen LogP contribution < -0.4 is 4.74 Å². The summed E-state index contributed by atoms with van der Waals surface area (Å²) >= 11 is 0. The Labute approximate surface area is 94.7 Å². The van der Waals surface area contributed by atoms with E-state index in [9.17, 15) is 4.79 Å². The Balaban J connectivity index is 1.70. The van der Waals surface area contributed by atoms with E-state index in [4.69, 9.17) is 9.57 Å². The summed E-state index contributed by atoms with van der Waals surface area (Å²) in [5, 5.41) is 1.42. The molecule has 0 aromatic heterocycles. The molecule has 0 unspecified atom stereocenters. The lowest BCUT2D eigenvalue weighted by Gasteiger charge is -2.13. The van der Waals surface area contributed by atoms with Crippen LogP contribution in [0.5, 0.6) is 5.75 Å². The molecule has 0 saturated carbocycles. The van der Waals surface area contributed by atoms with Gasteiger partial charge in [0.05, 0.1) is 26.2 Å². The Kier molecular flexibility index (Phi) is 3.77. The van der Waals surface area contributed by atoms with Crippen molar-refractivity contribution in [1.29, 1.82) is 0 Å². The highest BCUT2D eigenvalue weighted by Gasteiger charge is 2.18. The van der Waals surface area contributed by atoms with Gasteiger partial charge in [-0.2, -0.15) is 0 Å². The number of carbonyl (C=O) groups is 1. The first kappa shape index (κ1) is 11.0. The van der Waals surface area contributed by atoms with E-state index in [1.54, 1.807) is 0 Å². The summed E-state index contributed by atoms with van der Waals surface area (Å²) in [4.78, 5) is 16.7. The third kappa shape index (κ3) is 2.97. The van der Waals surface area contributed by atoms with Crippen LogP contribution in [0.25, 0.3) is 0 Å². The summed E-state index contributed by atoms with van der Waals surface area (Å²) in [5.41, 5.74) is 0. The molecule has 0 atom stereocenters. The van der Waals surface area contributed by atoms with Crippen LogP contribution in [0.2, 0.25) is 0 Å². The van der Waals surface area contributed by atoms with Gasteiger partial charge in [0, 0.05) is 0 Å². The second-order valence-corrected chi connectivity index (χ2v) is 3.59. The first-order valence-electron chi connectivity index (χ1n) is 5.47. The lowest BCUT2D eigenvalue weighted by molar-refractivity contribution is -0.169. The molecule has 1 aliphatic heterocycles. The zero-order valence-electron chi connectivity index (χ0n) is 9.09. The number of benzene rings is 1. The second kappa shape index (κ2) is 5.51. The molecule has 4 nitrogen and oxygen atoms in total. The Bertz CT molecular complexity index is 333. The normalized spacial score (nSPS) is 15.1. The quantitative estimate of drug-likeness (QED) is 0.775. The molecule has 4 heteroatoms. The molecule has 1 aromatic carbocycles. The minimum absolute atomic E-state index is 0.00608. The molecule has 0 bridgehead atoms. The van der Waals surface area contributed by atoms with Crippen LogP contribution >= 0.6 is 0 Å². The van der Waals surface area contributed by atoms with Gasteiger partial charge in [-0.25, -0.2) is 5.06 Å². The SMILES string of the molecule is O=C(CCOc1ccccc1)N1CCCO1. The van der Waals surface area contributed by atoms with Gasteiger partial charge in [0.2, 0.25) is 5.91 Å². The van der Waals surface area contributed by atoms with Crippen molar-refractivity contribution in [3.05, 3.63) is 30.3 Å². The predicted octanol–water partition coefficient (Wildman–Crippen LogP) is 1.62. The fraction of sp³-hybridized carbons (Fsp3) is 0.417. The number of carbonyl (C=O) groups excluding carboxylic acids is 1. The van der Waals surface area contributed by atoms with Gasteiger partial charge in [0.15, 0.2) is 0 Å². The van der Waals surface area contributed by atoms with Crippen LogP contribution in [-0.4, -0.2) is 30.7 Å². The lowest BCUT2D eigenvalue weighted by Crippen LogP contribution is -2.27. The summed E-state index contributed by atoms with van der Waals surface area (Å²) in [6, 6.07) is 9.48. The van der Waals surface area contributed by atoms with Gasteiger partial charge in [-0.05, 0) is 18.6 Å². The molecule has 0 radical (unpaired) electrons. The van der Waals surface area contributed by atoms with Gasteiger partial charge < -0.3 is 4.74 Å². The minimum Gasteiger partial charge on any atom is -0.493 e. The average Bonchev–Trinajstić information content (AvgIpc) is 2.84. The predicted molar refractivity (Wildman–Crippen MR) is 58.8 cm³/mol. The number of nitrogens with zero attached hydrogens (tertiary/aromatic N) is 1. The minimum atomic E-state index is -0.00608. The zero-order chi connectivity index (χ0) is 11.2. The number of hydrogen-bond acceptors (Lipinski definition) is 3. The van der Waals surface area contributed by atoms with Gasteiger partial charge in [-0.1, -0.05) is 18.2 Å². The van der Waals surface area contributed by atoms with Gasteiger partial charge in [-0.3, -0.25) is 9.63 Å².